The molecule has 7 nitrogen and oxygen atoms in total. The summed E-state index contributed by atoms with van der Waals surface area (Å²) in [6, 6.07) is 3.18. The molecule has 1 aromatic carbocycles. The Morgan fingerprint density at radius 3 is 2.63 bits per heavy atom. The molecular weight excluding hydrogens is 275 g/mol. The normalized spacial score (nSPS) is 11.5. The van der Waals surface area contributed by atoms with Gasteiger partial charge in [0.2, 0.25) is 0 Å². The Hall–Kier alpha value is -2.29. The van der Waals surface area contributed by atoms with E-state index in [4.69, 9.17) is 5.73 Å². The third-order valence-corrected chi connectivity index (χ3v) is 3.51. The highest BCUT2D eigenvalue weighted by Crippen LogP contribution is 2.25. The molecule has 0 fully saturated rings. The Kier molecular flexibility index (Phi) is 3.06. The average Bonchev–Trinajstić information content (AvgIpc) is 2.76. The summed E-state index contributed by atoms with van der Waals surface area (Å²) in [7, 11) is -3.51. The van der Waals surface area contributed by atoms with E-state index >= 15 is 0 Å². The van der Waals surface area contributed by atoms with Gasteiger partial charge in [0.25, 0.3) is 5.91 Å². The van der Waals surface area contributed by atoms with Gasteiger partial charge < -0.3 is 5.73 Å². The second-order valence-corrected chi connectivity index (χ2v) is 5.81. The van der Waals surface area contributed by atoms with Crippen LogP contribution in [-0.4, -0.2) is 36.0 Å². The number of amides is 1. The smallest absolute Gasteiger partial charge is 0.271 e. The number of aromatic amines is 1. The number of primary amides is 1. The molecule has 1 aromatic heterocycles. The number of nitrogens with one attached hydrogen (secondary N) is 1. The van der Waals surface area contributed by atoms with Gasteiger partial charge in [-0.25, -0.2) is 12.8 Å². The Labute approximate surface area is 107 Å². The fraction of sp³-hybridized carbons (Fsp3) is 0.100. The van der Waals surface area contributed by atoms with Crippen molar-refractivity contribution in [2.45, 2.75) is 4.90 Å². The second kappa shape index (κ2) is 4.43. The second-order valence-electron chi connectivity index (χ2n) is 3.80. The Balaban J connectivity index is 2.68. The Morgan fingerprint density at radius 2 is 2.05 bits per heavy atom. The first-order chi connectivity index (χ1) is 8.80. The van der Waals surface area contributed by atoms with Gasteiger partial charge >= 0.3 is 0 Å². The van der Waals surface area contributed by atoms with Crippen molar-refractivity contribution in [1.82, 2.24) is 15.4 Å². The Morgan fingerprint density at radius 1 is 1.37 bits per heavy atom. The Bertz CT molecular complexity index is 754. The van der Waals surface area contributed by atoms with Gasteiger partial charge in [-0.05, 0) is 18.2 Å². The van der Waals surface area contributed by atoms with Crippen molar-refractivity contribution < 1.29 is 17.6 Å². The molecule has 0 atom stereocenters. The molecule has 0 bridgehead atoms. The maximum atomic E-state index is 13.7. The summed E-state index contributed by atoms with van der Waals surface area (Å²) >= 11 is 0. The van der Waals surface area contributed by atoms with Crippen LogP contribution in [0.3, 0.4) is 0 Å². The van der Waals surface area contributed by atoms with Crippen molar-refractivity contribution in [1.29, 1.82) is 0 Å². The predicted octanol–water partition coefficient (Wildman–Crippen LogP) is 0.113. The molecule has 1 amide bonds. The van der Waals surface area contributed by atoms with Gasteiger partial charge in [-0.3, -0.25) is 4.79 Å². The molecular formula is C10H9FN4O3S. The first-order valence-electron chi connectivity index (χ1n) is 5.01. The van der Waals surface area contributed by atoms with Gasteiger partial charge in [0, 0.05) is 11.8 Å². The molecule has 0 radical (unpaired) electrons. The number of carbonyl (C=O) groups excluding carboxylic acids is 1. The van der Waals surface area contributed by atoms with Gasteiger partial charge in [-0.2, -0.15) is 15.4 Å². The predicted molar refractivity (Wildman–Crippen MR) is 63.4 cm³/mol. The van der Waals surface area contributed by atoms with Gasteiger partial charge in [0.1, 0.15) is 11.5 Å². The van der Waals surface area contributed by atoms with E-state index in [-0.39, 0.29) is 21.8 Å². The zero-order valence-electron chi connectivity index (χ0n) is 9.71. The van der Waals surface area contributed by atoms with E-state index in [1.165, 1.54) is 0 Å². The van der Waals surface area contributed by atoms with Crippen LogP contribution in [0.5, 0.6) is 0 Å². The van der Waals surface area contributed by atoms with Crippen molar-refractivity contribution in [2.24, 2.45) is 5.73 Å². The number of H-pyrrole nitrogens is 1. The van der Waals surface area contributed by atoms with Crippen molar-refractivity contribution >= 4 is 15.7 Å². The molecule has 100 valence electrons. The fourth-order valence-electron chi connectivity index (χ4n) is 1.51. The van der Waals surface area contributed by atoms with Crippen molar-refractivity contribution in [2.75, 3.05) is 6.26 Å². The maximum absolute atomic E-state index is 13.7. The van der Waals surface area contributed by atoms with E-state index in [1.54, 1.807) is 0 Å². The third-order valence-electron chi connectivity index (χ3n) is 2.40. The lowest BCUT2D eigenvalue weighted by Crippen LogP contribution is -2.13. The van der Waals surface area contributed by atoms with Crippen LogP contribution in [0.2, 0.25) is 0 Å². The molecule has 3 N–H and O–H groups in total. The minimum Gasteiger partial charge on any atom is -0.364 e. The highest BCUT2D eigenvalue weighted by atomic mass is 32.2. The number of aromatic nitrogens is 3. The largest absolute Gasteiger partial charge is 0.364 e. The molecule has 19 heavy (non-hydrogen) atoms. The lowest BCUT2D eigenvalue weighted by atomic mass is 10.1. The molecule has 2 rings (SSSR count). The number of nitrogens with two attached hydrogens (primary N) is 1. The number of carbonyl (C=O) groups is 1. The monoisotopic (exact) mass is 284 g/mol. The zero-order chi connectivity index (χ0) is 14.2. The van der Waals surface area contributed by atoms with E-state index in [1.807, 2.05) is 0 Å². The van der Waals surface area contributed by atoms with Gasteiger partial charge in [-0.15, -0.1) is 0 Å². The van der Waals surface area contributed by atoms with E-state index in [9.17, 15) is 17.6 Å². The molecule has 0 saturated heterocycles. The van der Waals surface area contributed by atoms with Crippen LogP contribution in [0.25, 0.3) is 11.3 Å². The van der Waals surface area contributed by atoms with Crippen molar-refractivity contribution in [3.8, 4) is 11.3 Å². The van der Waals surface area contributed by atoms with Crippen molar-refractivity contribution in [3.63, 3.8) is 0 Å². The number of rotatable bonds is 3. The number of halogens is 1. The molecule has 1 heterocycles. The summed E-state index contributed by atoms with van der Waals surface area (Å²) < 4.78 is 36.6. The third kappa shape index (κ3) is 2.45. The van der Waals surface area contributed by atoms with Crippen LogP contribution in [0, 0.1) is 5.82 Å². The number of hydrogen-bond donors (Lipinski definition) is 2. The van der Waals surface area contributed by atoms with Gasteiger partial charge in [-0.1, -0.05) is 0 Å². The highest BCUT2D eigenvalue weighted by Gasteiger charge is 2.20. The summed E-state index contributed by atoms with van der Waals surface area (Å²) in [5, 5.41) is 9.26. The zero-order valence-corrected chi connectivity index (χ0v) is 10.5. The number of benzene rings is 1. The molecule has 9 heteroatoms. The first kappa shape index (κ1) is 13.1. The van der Waals surface area contributed by atoms with Crippen LogP contribution in [-0.2, 0) is 9.84 Å². The molecule has 0 spiro atoms. The lowest BCUT2D eigenvalue weighted by Gasteiger charge is -2.04. The number of nitrogens with zero attached hydrogens (tertiary/aromatic N) is 2. The minimum absolute atomic E-state index is 0.0951. The summed E-state index contributed by atoms with van der Waals surface area (Å²) in [6.07, 6.45) is 0.988. The average molecular weight is 284 g/mol. The molecule has 0 unspecified atom stereocenters. The fourth-order valence-corrected chi connectivity index (χ4v) is 2.15. The summed E-state index contributed by atoms with van der Waals surface area (Å²) in [4.78, 5) is 11.0. The van der Waals surface area contributed by atoms with Gasteiger partial charge in [0.15, 0.2) is 15.5 Å². The van der Waals surface area contributed by atoms with Crippen LogP contribution >= 0.6 is 0 Å². The molecule has 0 aliphatic heterocycles. The standard InChI is InChI=1S/C10H9FN4O3S/c1-19(17,18)5-2-3-7(11)6(4-5)8-9(10(12)16)14-15-13-8/h2-4H,1H3,(H2,12,16)(H,13,14,15). The molecule has 0 aliphatic carbocycles. The topological polar surface area (TPSA) is 119 Å². The molecule has 0 saturated carbocycles. The van der Waals surface area contributed by atoms with Crippen LogP contribution in [0.15, 0.2) is 23.1 Å². The van der Waals surface area contributed by atoms with E-state index in [2.05, 4.69) is 15.4 Å². The van der Waals surface area contributed by atoms with Crippen LogP contribution in [0.4, 0.5) is 4.39 Å². The highest BCUT2D eigenvalue weighted by molar-refractivity contribution is 7.90. The minimum atomic E-state index is -3.51. The SMILES string of the molecule is CS(=O)(=O)c1ccc(F)c(-c2n[nH]nc2C(N)=O)c1. The summed E-state index contributed by atoms with van der Waals surface area (Å²) in [6.45, 7) is 0. The van der Waals surface area contributed by atoms with Crippen LogP contribution < -0.4 is 5.73 Å². The number of sulfone groups is 1. The maximum Gasteiger partial charge on any atom is 0.271 e. The quantitative estimate of drug-likeness (QED) is 0.775. The number of hydrogen-bond acceptors (Lipinski definition) is 5. The van der Waals surface area contributed by atoms with Crippen molar-refractivity contribution in [3.05, 3.63) is 29.7 Å². The van der Waals surface area contributed by atoms with Crippen LogP contribution in [0.1, 0.15) is 10.5 Å². The van der Waals surface area contributed by atoms with Gasteiger partial charge in [0.05, 0.1) is 4.90 Å². The molecule has 2 aromatic rings. The van der Waals surface area contributed by atoms with E-state index < -0.39 is 21.6 Å². The lowest BCUT2D eigenvalue weighted by molar-refractivity contribution is 0.0996. The van der Waals surface area contributed by atoms with E-state index in [0.717, 1.165) is 24.5 Å². The summed E-state index contributed by atoms with van der Waals surface area (Å²) in [5.41, 5.74) is 4.52. The first-order valence-corrected chi connectivity index (χ1v) is 6.90. The summed E-state index contributed by atoms with van der Waals surface area (Å²) in [5.74, 6) is -1.63. The van der Waals surface area contributed by atoms with E-state index in [0.29, 0.717) is 0 Å². The molecule has 0 aliphatic rings.